The average molecular weight is 362 g/mol. The number of nitro benzene ring substituents is 1. The Kier molecular flexibility index (Phi) is 7.64. The molecule has 0 aromatic heterocycles. The van der Waals surface area contributed by atoms with Crippen LogP contribution in [0.2, 0.25) is 0 Å². The van der Waals surface area contributed by atoms with Gasteiger partial charge >= 0.3 is 0 Å². The lowest BCUT2D eigenvalue weighted by molar-refractivity contribution is -0.384. The van der Waals surface area contributed by atoms with Gasteiger partial charge in [-0.15, -0.1) is 23.5 Å². The number of amides is 1. The molecule has 1 N–H and O–H groups in total. The summed E-state index contributed by atoms with van der Waals surface area (Å²) < 4.78 is 0. The second-order valence-corrected chi connectivity index (χ2v) is 7.09. The van der Waals surface area contributed by atoms with Crippen molar-refractivity contribution < 1.29 is 9.72 Å². The Labute approximate surface area is 149 Å². The van der Waals surface area contributed by atoms with E-state index in [1.54, 1.807) is 23.9 Å². The molecule has 0 saturated heterocycles. The number of thioether (sulfide) groups is 2. The molecule has 1 amide bonds. The van der Waals surface area contributed by atoms with Gasteiger partial charge < -0.3 is 5.32 Å². The minimum absolute atomic E-state index is 0.0147. The number of hydrogen-bond donors (Lipinski definition) is 1. The molecule has 5 nitrogen and oxygen atoms in total. The smallest absolute Gasteiger partial charge is 0.269 e. The first-order valence-corrected chi connectivity index (χ1v) is 9.55. The summed E-state index contributed by atoms with van der Waals surface area (Å²) in [4.78, 5) is 23.3. The Morgan fingerprint density at radius 1 is 1.12 bits per heavy atom. The van der Waals surface area contributed by atoms with Crippen molar-refractivity contribution in [3.05, 3.63) is 70.3 Å². The summed E-state index contributed by atoms with van der Waals surface area (Å²) >= 11 is 3.15. The highest BCUT2D eigenvalue weighted by atomic mass is 32.2. The summed E-state index contributed by atoms with van der Waals surface area (Å²) in [6.45, 7) is 0.621. The first kappa shape index (κ1) is 18.4. The van der Waals surface area contributed by atoms with E-state index in [9.17, 15) is 14.9 Å². The van der Waals surface area contributed by atoms with Crippen LogP contribution in [0.1, 0.15) is 5.56 Å². The van der Waals surface area contributed by atoms with Gasteiger partial charge in [-0.1, -0.05) is 30.3 Å². The number of nitrogens with zero attached hydrogens (tertiary/aromatic N) is 1. The second kappa shape index (κ2) is 10.00. The van der Waals surface area contributed by atoms with Gasteiger partial charge in [0.1, 0.15) is 0 Å². The van der Waals surface area contributed by atoms with Gasteiger partial charge in [-0.3, -0.25) is 14.9 Å². The third-order valence-electron chi connectivity index (χ3n) is 3.06. The number of carbonyl (C=O) groups is 1. The fourth-order valence-electron chi connectivity index (χ4n) is 1.95. The van der Waals surface area contributed by atoms with Crippen molar-refractivity contribution in [2.45, 2.75) is 10.6 Å². The lowest BCUT2D eigenvalue weighted by atomic mass is 10.2. The molecule has 2 aromatic rings. The highest BCUT2D eigenvalue weighted by molar-refractivity contribution is 7.99. The van der Waals surface area contributed by atoms with E-state index in [1.165, 1.54) is 22.7 Å². The van der Waals surface area contributed by atoms with Gasteiger partial charge in [-0.2, -0.15) is 0 Å². The molecule has 7 heteroatoms. The molecule has 0 atom stereocenters. The van der Waals surface area contributed by atoms with Crippen LogP contribution in [0.4, 0.5) is 5.69 Å². The lowest BCUT2D eigenvalue weighted by Gasteiger charge is -2.05. The summed E-state index contributed by atoms with van der Waals surface area (Å²) in [6.07, 6.45) is 0. The van der Waals surface area contributed by atoms with E-state index < -0.39 is 4.92 Å². The van der Waals surface area contributed by atoms with Crippen molar-refractivity contribution >= 4 is 35.1 Å². The van der Waals surface area contributed by atoms with E-state index in [1.807, 2.05) is 36.4 Å². The second-order valence-electron chi connectivity index (χ2n) is 4.93. The summed E-state index contributed by atoms with van der Waals surface area (Å²) in [5, 5.41) is 13.6. The van der Waals surface area contributed by atoms with Crippen molar-refractivity contribution in [1.29, 1.82) is 0 Å². The monoisotopic (exact) mass is 362 g/mol. The van der Waals surface area contributed by atoms with Crippen LogP contribution in [-0.4, -0.2) is 28.9 Å². The van der Waals surface area contributed by atoms with Crippen LogP contribution < -0.4 is 5.32 Å². The molecule has 0 fully saturated rings. The highest BCUT2D eigenvalue weighted by Crippen LogP contribution is 2.18. The molecule has 0 aliphatic heterocycles. The number of rotatable bonds is 9. The maximum absolute atomic E-state index is 11.8. The number of hydrogen-bond acceptors (Lipinski definition) is 5. The van der Waals surface area contributed by atoms with Gasteiger partial charge in [0, 0.05) is 35.1 Å². The predicted molar refractivity (Wildman–Crippen MR) is 99.4 cm³/mol. The fraction of sp³-hybridized carbons (Fsp3) is 0.235. The van der Waals surface area contributed by atoms with Crippen molar-refractivity contribution in [1.82, 2.24) is 5.32 Å². The molecule has 0 aliphatic rings. The summed E-state index contributed by atoms with van der Waals surface area (Å²) in [7, 11) is 0. The number of non-ortho nitro benzene ring substituents is 1. The third kappa shape index (κ3) is 6.64. The standard InChI is InChI=1S/C17H18N2O3S2/c20-17(18-9-10-24-16-7-2-1-3-8-16)13-23-12-14-5-4-6-15(11-14)19(21)22/h1-8,11H,9-10,12-13H2,(H,18,20). The fourth-order valence-corrected chi connectivity index (χ4v) is 3.54. The summed E-state index contributed by atoms with van der Waals surface area (Å²) in [5.74, 6) is 1.73. The number of carbonyl (C=O) groups excluding carboxylic acids is 1. The van der Waals surface area contributed by atoms with Gasteiger partial charge in [0.15, 0.2) is 0 Å². The van der Waals surface area contributed by atoms with Gasteiger partial charge in [-0.05, 0) is 17.7 Å². The van der Waals surface area contributed by atoms with E-state index in [4.69, 9.17) is 0 Å². The lowest BCUT2D eigenvalue weighted by Crippen LogP contribution is -2.27. The predicted octanol–water partition coefficient (Wildman–Crippen LogP) is 3.74. The molecular weight excluding hydrogens is 344 g/mol. The highest BCUT2D eigenvalue weighted by Gasteiger charge is 2.06. The quantitative estimate of drug-likeness (QED) is 0.318. The number of nitrogens with one attached hydrogen (secondary N) is 1. The Balaban J connectivity index is 1.61. The largest absolute Gasteiger partial charge is 0.355 e. The third-order valence-corrected chi connectivity index (χ3v) is 5.08. The summed E-state index contributed by atoms with van der Waals surface area (Å²) in [5.41, 5.74) is 0.928. The summed E-state index contributed by atoms with van der Waals surface area (Å²) in [6, 6.07) is 16.5. The zero-order valence-electron chi connectivity index (χ0n) is 13.0. The van der Waals surface area contributed by atoms with Crippen molar-refractivity contribution in [3.8, 4) is 0 Å². The van der Waals surface area contributed by atoms with Crippen LogP contribution in [-0.2, 0) is 10.5 Å². The van der Waals surface area contributed by atoms with Gasteiger partial charge in [0.25, 0.3) is 5.69 Å². The SMILES string of the molecule is O=C(CSCc1cccc([N+](=O)[O-])c1)NCCSc1ccccc1. The van der Waals surface area contributed by atoms with Gasteiger partial charge in [0.05, 0.1) is 10.7 Å². The first-order valence-electron chi connectivity index (χ1n) is 7.41. The van der Waals surface area contributed by atoms with Crippen LogP contribution in [0.3, 0.4) is 0 Å². The number of benzene rings is 2. The van der Waals surface area contributed by atoms with Gasteiger partial charge in [-0.25, -0.2) is 0 Å². The minimum Gasteiger partial charge on any atom is -0.355 e. The molecule has 0 saturated carbocycles. The molecule has 0 bridgehead atoms. The van der Waals surface area contributed by atoms with E-state index in [2.05, 4.69) is 5.32 Å². The maximum atomic E-state index is 11.8. The van der Waals surface area contributed by atoms with Crippen LogP contribution in [0.15, 0.2) is 59.5 Å². The molecule has 0 heterocycles. The maximum Gasteiger partial charge on any atom is 0.269 e. The van der Waals surface area contributed by atoms with Crippen molar-refractivity contribution in [3.63, 3.8) is 0 Å². The Hall–Kier alpha value is -1.99. The van der Waals surface area contributed by atoms with E-state index in [0.29, 0.717) is 18.1 Å². The van der Waals surface area contributed by atoms with Crippen LogP contribution in [0.25, 0.3) is 0 Å². The average Bonchev–Trinajstić information content (AvgIpc) is 2.60. The van der Waals surface area contributed by atoms with E-state index in [-0.39, 0.29) is 11.6 Å². The molecule has 0 spiro atoms. The van der Waals surface area contributed by atoms with Crippen LogP contribution in [0, 0.1) is 10.1 Å². The van der Waals surface area contributed by atoms with Gasteiger partial charge in [0.2, 0.25) is 5.91 Å². The molecule has 126 valence electrons. The van der Waals surface area contributed by atoms with E-state index in [0.717, 1.165) is 11.3 Å². The van der Waals surface area contributed by atoms with Crippen LogP contribution >= 0.6 is 23.5 Å². The molecule has 2 aromatic carbocycles. The molecule has 0 aliphatic carbocycles. The Bertz CT molecular complexity index is 681. The van der Waals surface area contributed by atoms with Crippen LogP contribution in [0.5, 0.6) is 0 Å². The normalized spacial score (nSPS) is 10.3. The Morgan fingerprint density at radius 3 is 2.67 bits per heavy atom. The minimum atomic E-state index is -0.411. The zero-order valence-corrected chi connectivity index (χ0v) is 14.6. The molecule has 2 rings (SSSR count). The Morgan fingerprint density at radius 2 is 1.92 bits per heavy atom. The van der Waals surface area contributed by atoms with Crippen molar-refractivity contribution in [2.75, 3.05) is 18.1 Å². The molecule has 0 unspecified atom stereocenters. The zero-order chi connectivity index (χ0) is 17.2. The first-order chi connectivity index (χ1) is 11.6. The molecule has 24 heavy (non-hydrogen) atoms. The molecule has 0 radical (unpaired) electrons. The van der Waals surface area contributed by atoms with Crippen molar-refractivity contribution in [2.24, 2.45) is 0 Å². The van der Waals surface area contributed by atoms with E-state index >= 15 is 0 Å². The topological polar surface area (TPSA) is 72.2 Å². The number of nitro groups is 1. The molecular formula is C17H18N2O3S2.